The number of hydrogen-bond donors (Lipinski definition) is 1. The van der Waals surface area contributed by atoms with Crippen molar-refractivity contribution in [3.05, 3.63) is 57.1 Å². The highest BCUT2D eigenvalue weighted by atomic mass is 32.1. The minimum atomic E-state index is -0.0563. The van der Waals surface area contributed by atoms with Crippen molar-refractivity contribution in [2.75, 3.05) is 13.1 Å². The van der Waals surface area contributed by atoms with Gasteiger partial charge < -0.3 is 9.88 Å². The van der Waals surface area contributed by atoms with E-state index in [0.717, 1.165) is 29.4 Å². The lowest BCUT2D eigenvalue weighted by Gasteiger charge is -2.32. The van der Waals surface area contributed by atoms with Crippen molar-refractivity contribution in [2.24, 2.45) is 0 Å². The minimum absolute atomic E-state index is 0.0563. The van der Waals surface area contributed by atoms with Crippen LogP contribution in [0.3, 0.4) is 0 Å². The molecule has 24 heavy (non-hydrogen) atoms. The summed E-state index contributed by atoms with van der Waals surface area (Å²) in [5, 5.41) is 4.02. The van der Waals surface area contributed by atoms with Gasteiger partial charge >= 0.3 is 5.69 Å². The fraction of sp³-hybridized carbons (Fsp3) is 0.333. The lowest BCUT2D eigenvalue weighted by molar-refractivity contribution is -0.131. The maximum Gasteiger partial charge on any atom is 0.326 e. The van der Waals surface area contributed by atoms with E-state index in [1.807, 2.05) is 50.6 Å². The van der Waals surface area contributed by atoms with Gasteiger partial charge in [0.2, 0.25) is 5.91 Å². The number of rotatable bonds is 3. The number of carbonyl (C=O) groups is 1. The minimum Gasteiger partial charge on any atom is -0.342 e. The van der Waals surface area contributed by atoms with Crippen molar-refractivity contribution >= 4 is 28.3 Å². The van der Waals surface area contributed by atoms with Crippen LogP contribution in [0, 0.1) is 0 Å². The predicted molar refractivity (Wildman–Crippen MR) is 95.4 cm³/mol. The molecule has 1 saturated heterocycles. The topological polar surface area (TPSA) is 58.1 Å². The number of thiophene rings is 1. The number of aromatic amines is 1. The number of nitrogens with one attached hydrogen (secondary N) is 1. The molecule has 1 aliphatic rings. The first-order valence-corrected chi connectivity index (χ1v) is 9.15. The Morgan fingerprint density at radius 3 is 2.75 bits per heavy atom. The first kappa shape index (κ1) is 15.2. The van der Waals surface area contributed by atoms with Crippen molar-refractivity contribution in [1.29, 1.82) is 0 Å². The fourth-order valence-electron chi connectivity index (χ4n) is 3.49. The van der Waals surface area contributed by atoms with E-state index >= 15 is 0 Å². The first-order chi connectivity index (χ1) is 11.7. The van der Waals surface area contributed by atoms with Gasteiger partial charge in [0.05, 0.1) is 17.5 Å². The van der Waals surface area contributed by atoms with Crippen LogP contribution in [-0.2, 0) is 11.2 Å². The average molecular weight is 341 g/mol. The molecule has 4 rings (SSSR count). The number of piperidine rings is 1. The number of aromatic nitrogens is 2. The molecule has 5 nitrogen and oxygen atoms in total. The highest BCUT2D eigenvalue weighted by Crippen LogP contribution is 2.25. The van der Waals surface area contributed by atoms with Gasteiger partial charge in [-0.15, -0.1) is 0 Å². The zero-order valence-corrected chi connectivity index (χ0v) is 14.1. The van der Waals surface area contributed by atoms with Crippen LogP contribution in [0.4, 0.5) is 0 Å². The molecule has 1 fully saturated rings. The highest BCUT2D eigenvalue weighted by molar-refractivity contribution is 7.08. The molecule has 0 radical (unpaired) electrons. The molecule has 0 spiro atoms. The molecule has 1 N–H and O–H groups in total. The molecule has 0 saturated carbocycles. The Balaban J connectivity index is 1.47. The maximum absolute atomic E-state index is 12.4. The summed E-state index contributed by atoms with van der Waals surface area (Å²) in [7, 11) is 0. The number of H-pyrrole nitrogens is 1. The van der Waals surface area contributed by atoms with Gasteiger partial charge in [-0.05, 0) is 47.4 Å². The van der Waals surface area contributed by atoms with Crippen molar-refractivity contribution < 1.29 is 4.79 Å². The number of para-hydroxylation sites is 2. The van der Waals surface area contributed by atoms with Crippen LogP contribution < -0.4 is 5.69 Å². The van der Waals surface area contributed by atoms with E-state index in [1.54, 1.807) is 11.3 Å². The van der Waals surface area contributed by atoms with E-state index in [4.69, 9.17) is 0 Å². The zero-order chi connectivity index (χ0) is 16.5. The van der Waals surface area contributed by atoms with Gasteiger partial charge in [0, 0.05) is 19.1 Å². The monoisotopic (exact) mass is 341 g/mol. The number of imidazole rings is 1. The molecule has 0 bridgehead atoms. The van der Waals surface area contributed by atoms with E-state index in [2.05, 4.69) is 4.98 Å². The third kappa shape index (κ3) is 2.78. The molecular formula is C18H19N3O2S. The van der Waals surface area contributed by atoms with Gasteiger partial charge in [0.25, 0.3) is 0 Å². The van der Waals surface area contributed by atoms with Crippen LogP contribution >= 0.6 is 11.3 Å². The summed E-state index contributed by atoms with van der Waals surface area (Å²) in [6.45, 7) is 1.42. The molecule has 0 atom stereocenters. The molecule has 1 aromatic carbocycles. The summed E-state index contributed by atoms with van der Waals surface area (Å²) in [5.74, 6) is 0.179. The van der Waals surface area contributed by atoms with E-state index in [1.165, 1.54) is 0 Å². The van der Waals surface area contributed by atoms with Gasteiger partial charge in [-0.1, -0.05) is 12.1 Å². The highest BCUT2D eigenvalue weighted by Gasteiger charge is 2.26. The third-order valence-corrected chi connectivity index (χ3v) is 5.47. The maximum atomic E-state index is 12.4. The Bertz CT molecular complexity index is 902. The third-order valence-electron chi connectivity index (χ3n) is 4.74. The molecule has 1 aliphatic heterocycles. The lowest BCUT2D eigenvalue weighted by atomic mass is 10.0. The Labute approximate surface area is 143 Å². The Hall–Kier alpha value is -2.34. The van der Waals surface area contributed by atoms with Gasteiger partial charge in [-0.25, -0.2) is 4.79 Å². The number of hydrogen-bond acceptors (Lipinski definition) is 3. The van der Waals surface area contributed by atoms with Crippen molar-refractivity contribution in [2.45, 2.75) is 25.3 Å². The Morgan fingerprint density at radius 1 is 1.21 bits per heavy atom. The molecule has 2 aromatic heterocycles. The smallest absolute Gasteiger partial charge is 0.326 e. The van der Waals surface area contributed by atoms with Gasteiger partial charge in [-0.2, -0.15) is 11.3 Å². The van der Waals surface area contributed by atoms with Crippen molar-refractivity contribution in [3.8, 4) is 0 Å². The van der Waals surface area contributed by atoms with E-state index < -0.39 is 0 Å². The standard InChI is InChI=1S/C18H19N3O2S/c22-17(11-13-7-10-24-12-13)20-8-5-14(6-9-20)21-16-4-2-1-3-15(16)19-18(21)23/h1-4,7,10,12,14H,5-6,8-9,11H2,(H,19,23). The molecule has 0 unspecified atom stereocenters. The molecule has 6 heteroatoms. The van der Waals surface area contributed by atoms with Gasteiger partial charge in [0.15, 0.2) is 0 Å². The number of carbonyl (C=O) groups excluding carboxylic acids is 1. The second kappa shape index (κ2) is 6.28. The van der Waals surface area contributed by atoms with Crippen LogP contribution in [0.25, 0.3) is 11.0 Å². The summed E-state index contributed by atoms with van der Waals surface area (Å²) in [4.78, 5) is 29.5. The van der Waals surface area contributed by atoms with E-state index in [-0.39, 0.29) is 17.6 Å². The summed E-state index contributed by atoms with van der Waals surface area (Å²) < 4.78 is 1.86. The molecular weight excluding hydrogens is 322 g/mol. The second-order valence-electron chi connectivity index (χ2n) is 6.24. The first-order valence-electron chi connectivity index (χ1n) is 8.20. The largest absolute Gasteiger partial charge is 0.342 e. The predicted octanol–water partition coefficient (Wildman–Crippen LogP) is 2.80. The lowest BCUT2D eigenvalue weighted by Crippen LogP contribution is -2.41. The van der Waals surface area contributed by atoms with Gasteiger partial charge in [-0.3, -0.25) is 9.36 Å². The number of amides is 1. The van der Waals surface area contributed by atoms with Crippen LogP contribution in [0.15, 0.2) is 45.9 Å². The summed E-state index contributed by atoms with van der Waals surface area (Å²) >= 11 is 1.62. The Morgan fingerprint density at radius 2 is 2.00 bits per heavy atom. The normalized spacial score (nSPS) is 15.9. The average Bonchev–Trinajstić information content (AvgIpc) is 3.21. The number of fused-ring (bicyclic) bond motifs is 1. The SMILES string of the molecule is O=C(Cc1ccsc1)N1CCC(n2c(=O)[nH]c3ccccc32)CC1. The molecule has 3 aromatic rings. The molecule has 124 valence electrons. The molecule has 3 heterocycles. The summed E-state index contributed by atoms with van der Waals surface area (Å²) in [6, 6.07) is 9.92. The van der Waals surface area contributed by atoms with Crippen molar-refractivity contribution in [1.82, 2.24) is 14.5 Å². The number of nitrogens with zero attached hydrogens (tertiary/aromatic N) is 2. The van der Waals surface area contributed by atoms with Crippen molar-refractivity contribution in [3.63, 3.8) is 0 Å². The summed E-state index contributed by atoms with van der Waals surface area (Å²) in [5.41, 5.74) is 2.85. The number of benzene rings is 1. The van der Waals surface area contributed by atoms with E-state index in [9.17, 15) is 9.59 Å². The van der Waals surface area contributed by atoms with Crippen LogP contribution in [0.1, 0.15) is 24.4 Å². The molecule has 0 aliphatic carbocycles. The number of likely N-dealkylation sites (tertiary alicyclic amines) is 1. The van der Waals surface area contributed by atoms with Crippen LogP contribution in [0.2, 0.25) is 0 Å². The fourth-order valence-corrected chi connectivity index (χ4v) is 4.16. The second-order valence-corrected chi connectivity index (χ2v) is 7.02. The quantitative estimate of drug-likeness (QED) is 0.796. The van der Waals surface area contributed by atoms with E-state index in [0.29, 0.717) is 19.5 Å². The molecule has 1 amide bonds. The zero-order valence-electron chi connectivity index (χ0n) is 13.3. The van der Waals surface area contributed by atoms with Gasteiger partial charge in [0.1, 0.15) is 0 Å². The summed E-state index contributed by atoms with van der Waals surface area (Å²) in [6.07, 6.45) is 2.11. The van der Waals surface area contributed by atoms with Crippen LogP contribution in [-0.4, -0.2) is 33.4 Å². The Kier molecular flexibility index (Phi) is 3.98. The van der Waals surface area contributed by atoms with Crippen LogP contribution in [0.5, 0.6) is 0 Å².